The molecule has 0 spiro atoms. The minimum absolute atomic E-state index is 0.255. The van der Waals surface area contributed by atoms with Gasteiger partial charge in [0.2, 0.25) is 0 Å². The van der Waals surface area contributed by atoms with Crippen LogP contribution in [0.1, 0.15) is 13.3 Å². The first-order valence-electron chi connectivity index (χ1n) is 10.7. The standard InChI is InChI=1S/C23H27N5O4/c1-3-12-27-21(29)24-22(30)28(23(27)31)19-6-4-17(5-7-19)25-13-15-26(16-14-25)18-8-10-20(32-2)11-9-18/h4-11H,3,12-16H2,1-2H3,(H,24,29,30). The van der Waals surface area contributed by atoms with Gasteiger partial charge in [-0.25, -0.2) is 23.5 Å². The molecule has 0 amide bonds. The molecule has 1 aliphatic heterocycles. The van der Waals surface area contributed by atoms with E-state index < -0.39 is 17.1 Å². The minimum atomic E-state index is -0.729. The van der Waals surface area contributed by atoms with Gasteiger partial charge in [-0.1, -0.05) is 6.92 Å². The number of nitrogens with zero attached hydrogens (tertiary/aromatic N) is 4. The number of benzene rings is 2. The highest BCUT2D eigenvalue weighted by atomic mass is 16.5. The number of aromatic nitrogens is 3. The van der Waals surface area contributed by atoms with Crippen LogP contribution in [0.15, 0.2) is 62.9 Å². The second kappa shape index (κ2) is 9.17. The van der Waals surface area contributed by atoms with Crippen molar-refractivity contribution in [3.05, 3.63) is 80.0 Å². The van der Waals surface area contributed by atoms with E-state index in [0.717, 1.165) is 46.8 Å². The number of anilines is 2. The molecule has 0 atom stereocenters. The van der Waals surface area contributed by atoms with E-state index in [0.29, 0.717) is 12.1 Å². The molecule has 9 nitrogen and oxygen atoms in total. The Morgan fingerprint density at radius 2 is 1.28 bits per heavy atom. The number of H-pyrrole nitrogens is 1. The summed E-state index contributed by atoms with van der Waals surface area (Å²) >= 11 is 0. The van der Waals surface area contributed by atoms with Gasteiger partial charge >= 0.3 is 17.1 Å². The fourth-order valence-corrected chi connectivity index (χ4v) is 3.99. The molecule has 1 aliphatic rings. The molecule has 2 aromatic carbocycles. The van der Waals surface area contributed by atoms with Gasteiger partial charge in [-0.3, -0.25) is 4.98 Å². The van der Waals surface area contributed by atoms with Crippen molar-refractivity contribution in [3.63, 3.8) is 0 Å². The van der Waals surface area contributed by atoms with Gasteiger partial charge in [-0.05, 0) is 55.0 Å². The summed E-state index contributed by atoms with van der Waals surface area (Å²) in [6, 6.07) is 15.3. The van der Waals surface area contributed by atoms with Crippen LogP contribution in [0.4, 0.5) is 11.4 Å². The normalized spacial score (nSPS) is 13.9. The molecular formula is C23H27N5O4. The molecule has 0 bridgehead atoms. The van der Waals surface area contributed by atoms with Crippen molar-refractivity contribution in [2.45, 2.75) is 19.9 Å². The van der Waals surface area contributed by atoms with Gasteiger partial charge < -0.3 is 14.5 Å². The van der Waals surface area contributed by atoms with Crippen molar-refractivity contribution >= 4 is 11.4 Å². The van der Waals surface area contributed by atoms with Crippen molar-refractivity contribution in [1.82, 2.24) is 14.1 Å². The number of aromatic amines is 1. The number of piperazine rings is 1. The predicted octanol–water partition coefficient (Wildman–Crippen LogP) is 1.43. The summed E-state index contributed by atoms with van der Waals surface area (Å²) in [6.07, 6.45) is 0.614. The molecule has 2 heterocycles. The van der Waals surface area contributed by atoms with Crippen molar-refractivity contribution in [3.8, 4) is 11.4 Å². The lowest BCUT2D eigenvalue weighted by Gasteiger charge is -2.37. The molecule has 1 fully saturated rings. The monoisotopic (exact) mass is 437 g/mol. The minimum Gasteiger partial charge on any atom is -0.497 e. The molecule has 1 N–H and O–H groups in total. The molecule has 0 radical (unpaired) electrons. The first kappa shape index (κ1) is 21.5. The average Bonchev–Trinajstić information content (AvgIpc) is 2.82. The summed E-state index contributed by atoms with van der Waals surface area (Å²) in [6.45, 7) is 5.60. The third-order valence-corrected chi connectivity index (χ3v) is 5.72. The van der Waals surface area contributed by atoms with E-state index in [1.165, 1.54) is 5.69 Å². The van der Waals surface area contributed by atoms with E-state index >= 15 is 0 Å². The maximum Gasteiger partial charge on any atom is 0.340 e. The summed E-state index contributed by atoms with van der Waals surface area (Å²) in [5.74, 6) is 0.843. The number of hydrogen-bond acceptors (Lipinski definition) is 6. The third-order valence-electron chi connectivity index (χ3n) is 5.72. The van der Waals surface area contributed by atoms with Crippen LogP contribution in [0.3, 0.4) is 0 Å². The van der Waals surface area contributed by atoms with Gasteiger partial charge in [0, 0.05) is 44.1 Å². The number of hydrogen-bond donors (Lipinski definition) is 1. The number of ether oxygens (including phenoxy) is 1. The zero-order chi connectivity index (χ0) is 22.7. The molecule has 3 aromatic rings. The van der Waals surface area contributed by atoms with Crippen LogP contribution < -0.4 is 31.6 Å². The predicted molar refractivity (Wildman–Crippen MR) is 125 cm³/mol. The Morgan fingerprint density at radius 3 is 1.78 bits per heavy atom. The van der Waals surface area contributed by atoms with Gasteiger partial charge in [0.15, 0.2) is 0 Å². The van der Waals surface area contributed by atoms with Crippen LogP contribution in [-0.4, -0.2) is 47.4 Å². The largest absolute Gasteiger partial charge is 0.497 e. The second-order valence-corrected chi connectivity index (χ2v) is 7.69. The number of nitrogens with one attached hydrogen (secondary N) is 1. The quantitative estimate of drug-likeness (QED) is 0.627. The Labute approximate surface area is 185 Å². The summed E-state index contributed by atoms with van der Waals surface area (Å²) in [5, 5.41) is 0. The Morgan fingerprint density at radius 1 is 0.781 bits per heavy atom. The molecule has 32 heavy (non-hydrogen) atoms. The van der Waals surface area contributed by atoms with Crippen LogP contribution in [0.25, 0.3) is 5.69 Å². The summed E-state index contributed by atoms with van der Waals surface area (Å²) in [7, 11) is 1.66. The fourth-order valence-electron chi connectivity index (χ4n) is 3.99. The van der Waals surface area contributed by atoms with E-state index in [-0.39, 0.29) is 6.54 Å². The van der Waals surface area contributed by atoms with E-state index in [4.69, 9.17) is 4.74 Å². The highest BCUT2D eigenvalue weighted by Crippen LogP contribution is 2.23. The molecule has 1 aromatic heterocycles. The average molecular weight is 438 g/mol. The van der Waals surface area contributed by atoms with E-state index in [1.807, 2.05) is 31.2 Å². The molecule has 9 heteroatoms. The molecule has 0 saturated carbocycles. The second-order valence-electron chi connectivity index (χ2n) is 7.69. The fraction of sp³-hybridized carbons (Fsp3) is 0.348. The lowest BCUT2D eigenvalue weighted by atomic mass is 10.2. The van der Waals surface area contributed by atoms with Crippen molar-refractivity contribution in [1.29, 1.82) is 0 Å². The Bertz CT molecular complexity index is 1230. The lowest BCUT2D eigenvalue weighted by molar-refractivity contribution is 0.415. The molecule has 168 valence electrons. The first-order valence-corrected chi connectivity index (χ1v) is 10.7. The summed E-state index contributed by atoms with van der Waals surface area (Å²) in [4.78, 5) is 43.7. The molecule has 4 rings (SSSR count). The highest BCUT2D eigenvalue weighted by molar-refractivity contribution is 5.54. The molecule has 0 aliphatic carbocycles. The maximum absolute atomic E-state index is 12.7. The zero-order valence-electron chi connectivity index (χ0n) is 18.3. The third kappa shape index (κ3) is 4.18. The number of rotatable bonds is 6. The zero-order valence-corrected chi connectivity index (χ0v) is 18.3. The van der Waals surface area contributed by atoms with Gasteiger partial charge in [0.05, 0.1) is 12.8 Å². The van der Waals surface area contributed by atoms with Gasteiger partial charge in [-0.2, -0.15) is 0 Å². The van der Waals surface area contributed by atoms with Crippen LogP contribution in [0.2, 0.25) is 0 Å². The van der Waals surface area contributed by atoms with Gasteiger partial charge in [-0.15, -0.1) is 0 Å². The van der Waals surface area contributed by atoms with Crippen LogP contribution in [0.5, 0.6) is 5.75 Å². The van der Waals surface area contributed by atoms with Crippen LogP contribution in [0, 0.1) is 0 Å². The van der Waals surface area contributed by atoms with E-state index in [1.54, 1.807) is 19.2 Å². The topological polar surface area (TPSA) is 92.6 Å². The van der Waals surface area contributed by atoms with Crippen molar-refractivity contribution in [2.24, 2.45) is 0 Å². The van der Waals surface area contributed by atoms with Gasteiger partial charge in [0.1, 0.15) is 5.75 Å². The van der Waals surface area contributed by atoms with E-state index in [9.17, 15) is 14.4 Å². The van der Waals surface area contributed by atoms with E-state index in [2.05, 4.69) is 26.9 Å². The van der Waals surface area contributed by atoms with Crippen LogP contribution >= 0.6 is 0 Å². The molecular weight excluding hydrogens is 410 g/mol. The summed E-state index contributed by atoms with van der Waals surface area (Å²) in [5.41, 5.74) is 0.594. The lowest BCUT2D eigenvalue weighted by Crippen LogP contribution is -2.48. The highest BCUT2D eigenvalue weighted by Gasteiger charge is 2.18. The number of methoxy groups -OCH3 is 1. The summed E-state index contributed by atoms with van der Waals surface area (Å²) < 4.78 is 7.28. The molecule has 1 saturated heterocycles. The van der Waals surface area contributed by atoms with Crippen LogP contribution in [-0.2, 0) is 6.54 Å². The first-order chi connectivity index (χ1) is 15.5. The Balaban J connectivity index is 1.49. The Kier molecular flexibility index (Phi) is 6.16. The maximum atomic E-state index is 12.7. The Hall–Kier alpha value is -3.75. The van der Waals surface area contributed by atoms with Crippen molar-refractivity contribution < 1.29 is 4.74 Å². The van der Waals surface area contributed by atoms with Gasteiger partial charge in [0.25, 0.3) is 0 Å². The van der Waals surface area contributed by atoms with Crippen molar-refractivity contribution in [2.75, 3.05) is 43.1 Å². The smallest absolute Gasteiger partial charge is 0.340 e. The SMILES string of the molecule is CCCn1c(=O)[nH]c(=O)n(-c2ccc(N3CCN(c4ccc(OC)cc4)CC3)cc2)c1=O. The molecule has 0 unspecified atom stereocenters.